The zero-order valence-electron chi connectivity index (χ0n) is 14.5. The van der Waals surface area contributed by atoms with Gasteiger partial charge in [-0.05, 0) is 24.1 Å². The van der Waals surface area contributed by atoms with Crippen molar-refractivity contribution >= 4 is 35.1 Å². The quantitative estimate of drug-likeness (QED) is 0.679. The number of rotatable bonds is 7. The first-order chi connectivity index (χ1) is 12.3. The molecule has 0 saturated carbocycles. The van der Waals surface area contributed by atoms with Gasteiger partial charge >= 0.3 is 6.09 Å². The minimum absolute atomic E-state index is 0.0155. The first-order valence-electron chi connectivity index (χ1n) is 7.97. The van der Waals surface area contributed by atoms with E-state index in [-0.39, 0.29) is 29.2 Å². The van der Waals surface area contributed by atoms with E-state index in [4.69, 9.17) is 27.8 Å². The maximum absolute atomic E-state index is 11.7. The zero-order valence-corrected chi connectivity index (χ0v) is 15.2. The molecule has 9 heteroatoms. The van der Waals surface area contributed by atoms with Crippen molar-refractivity contribution in [3.05, 3.63) is 46.4 Å². The van der Waals surface area contributed by atoms with E-state index in [0.717, 1.165) is 5.56 Å². The fraction of sp³-hybridized carbons (Fsp3) is 0.294. The SMILES string of the molecule is CCc1nc(C(N)=O)c(Nc2cccc([C@H](C)COC(N)=O)c2)nc1Cl. The number of halogens is 1. The molecule has 1 heterocycles. The molecule has 0 unspecified atom stereocenters. The molecule has 0 bridgehead atoms. The third-order valence-electron chi connectivity index (χ3n) is 3.68. The van der Waals surface area contributed by atoms with Crippen LogP contribution < -0.4 is 16.8 Å². The molecule has 2 rings (SSSR count). The minimum Gasteiger partial charge on any atom is -0.449 e. The van der Waals surface area contributed by atoms with E-state index >= 15 is 0 Å². The van der Waals surface area contributed by atoms with Crippen LogP contribution >= 0.6 is 11.6 Å². The smallest absolute Gasteiger partial charge is 0.404 e. The highest BCUT2D eigenvalue weighted by molar-refractivity contribution is 6.30. The summed E-state index contributed by atoms with van der Waals surface area (Å²) < 4.78 is 4.83. The number of amides is 2. The summed E-state index contributed by atoms with van der Waals surface area (Å²) in [7, 11) is 0. The van der Waals surface area contributed by atoms with Crippen molar-refractivity contribution in [2.24, 2.45) is 11.5 Å². The third-order valence-corrected chi connectivity index (χ3v) is 3.98. The van der Waals surface area contributed by atoms with E-state index in [1.165, 1.54) is 0 Å². The molecule has 2 aromatic rings. The van der Waals surface area contributed by atoms with Gasteiger partial charge in [0.1, 0.15) is 0 Å². The second-order valence-electron chi connectivity index (χ2n) is 5.66. The predicted octanol–water partition coefficient (Wildman–Crippen LogP) is 2.73. The van der Waals surface area contributed by atoms with E-state index < -0.39 is 12.0 Å². The van der Waals surface area contributed by atoms with Crippen LogP contribution in [0.1, 0.15) is 41.5 Å². The van der Waals surface area contributed by atoms with Crippen molar-refractivity contribution < 1.29 is 14.3 Å². The Morgan fingerprint density at radius 1 is 1.31 bits per heavy atom. The normalized spacial score (nSPS) is 11.7. The molecule has 138 valence electrons. The fourth-order valence-electron chi connectivity index (χ4n) is 2.30. The molecule has 0 radical (unpaired) electrons. The largest absolute Gasteiger partial charge is 0.449 e. The second-order valence-corrected chi connectivity index (χ2v) is 6.02. The van der Waals surface area contributed by atoms with Gasteiger partial charge in [-0.3, -0.25) is 4.79 Å². The lowest BCUT2D eigenvalue weighted by atomic mass is 10.0. The number of primary amides is 2. The Kier molecular flexibility index (Phi) is 6.35. The predicted molar refractivity (Wildman–Crippen MR) is 98.6 cm³/mol. The molecule has 0 aliphatic rings. The number of aryl methyl sites for hydroxylation is 1. The highest BCUT2D eigenvalue weighted by atomic mass is 35.5. The lowest BCUT2D eigenvalue weighted by Crippen LogP contribution is -2.18. The van der Waals surface area contributed by atoms with Crippen LogP contribution in [0.3, 0.4) is 0 Å². The lowest BCUT2D eigenvalue weighted by Gasteiger charge is -2.15. The number of carbonyl (C=O) groups excluding carboxylic acids is 2. The Bertz CT molecular complexity index is 828. The standard InChI is InChI=1S/C17H20ClN5O3/c1-3-12-14(18)23-16(13(22-12)15(19)24)21-11-6-4-5-10(7-11)9(2)8-26-17(20)25/h4-7,9H,3,8H2,1-2H3,(H2,19,24)(H2,20,25)(H,21,23)/t9-/m1/s1. The monoisotopic (exact) mass is 377 g/mol. The summed E-state index contributed by atoms with van der Waals surface area (Å²) in [5.74, 6) is -0.597. The van der Waals surface area contributed by atoms with Crippen LogP contribution in [-0.2, 0) is 11.2 Å². The Morgan fingerprint density at radius 2 is 2.04 bits per heavy atom. The van der Waals surface area contributed by atoms with Gasteiger partial charge in [0, 0.05) is 11.6 Å². The number of carbonyl (C=O) groups is 2. The fourth-order valence-corrected chi connectivity index (χ4v) is 2.56. The maximum atomic E-state index is 11.7. The number of nitrogens with two attached hydrogens (primary N) is 2. The second kappa shape index (κ2) is 8.48. The van der Waals surface area contributed by atoms with Crippen LogP contribution in [-0.4, -0.2) is 28.6 Å². The summed E-state index contributed by atoms with van der Waals surface area (Å²) in [5.41, 5.74) is 12.5. The molecule has 1 aromatic heterocycles. The molecule has 26 heavy (non-hydrogen) atoms. The lowest BCUT2D eigenvalue weighted by molar-refractivity contribution is 0.0996. The molecular formula is C17H20ClN5O3. The van der Waals surface area contributed by atoms with Gasteiger partial charge in [-0.15, -0.1) is 0 Å². The van der Waals surface area contributed by atoms with E-state index in [0.29, 0.717) is 17.8 Å². The van der Waals surface area contributed by atoms with Gasteiger partial charge in [-0.1, -0.05) is 37.6 Å². The number of anilines is 2. The van der Waals surface area contributed by atoms with Crippen molar-refractivity contribution in [3.8, 4) is 0 Å². The number of hydrogen-bond donors (Lipinski definition) is 3. The summed E-state index contributed by atoms with van der Waals surface area (Å²) in [5, 5.41) is 3.22. The van der Waals surface area contributed by atoms with Gasteiger partial charge in [0.25, 0.3) is 5.91 Å². The summed E-state index contributed by atoms with van der Waals surface area (Å²) in [4.78, 5) is 30.8. The molecule has 1 atom stereocenters. The molecule has 8 nitrogen and oxygen atoms in total. The van der Waals surface area contributed by atoms with Gasteiger partial charge in [-0.2, -0.15) is 0 Å². The average molecular weight is 378 g/mol. The van der Waals surface area contributed by atoms with Gasteiger partial charge in [0.15, 0.2) is 16.7 Å². The Balaban J connectivity index is 2.28. The van der Waals surface area contributed by atoms with Gasteiger partial charge in [0.05, 0.1) is 12.3 Å². The summed E-state index contributed by atoms with van der Waals surface area (Å²) in [6, 6.07) is 7.33. The van der Waals surface area contributed by atoms with Crippen LogP contribution in [0.15, 0.2) is 24.3 Å². The molecule has 0 spiro atoms. The third kappa shape index (κ3) is 4.82. The Labute approximate surface area is 155 Å². The van der Waals surface area contributed by atoms with Crippen molar-refractivity contribution in [1.82, 2.24) is 9.97 Å². The van der Waals surface area contributed by atoms with Gasteiger partial charge in [0.2, 0.25) is 0 Å². The average Bonchev–Trinajstić information content (AvgIpc) is 2.59. The maximum Gasteiger partial charge on any atom is 0.404 e. The molecule has 0 saturated heterocycles. The molecular weight excluding hydrogens is 358 g/mol. The first-order valence-corrected chi connectivity index (χ1v) is 8.35. The number of aromatic nitrogens is 2. The number of ether oxygens (including phenoxy) is 1. The highest BCUT2D eigenvalue weighted by Crippen LogP contribution is 2.25. The molecule has 0 aliphatic heterocycles. The highest BCUT2D eigenvalue weighted by Gasteiger charge is 2.17. The first kappa shape index (κ1) is 19.5. The van der Waals surface area contributed by atoms with Crippen molar-refractivity contribution in [2.45, 2.75) is 26.2 Å². The summed E-state index contributed by atoms with van der Waals surface area (Å²) in [6.45, 7) is 3.90. The van der Waals surface area contributed by atoms with Crippen LogP contribution in [0, 0.1) is 0 Å². The molecule has 0 aliphatic carbocycles. The van der Waals surface area contributed by atoms with Gasteiger partial charge in [-0.25, -0.2) is 14.8 Å². The Hall–Kier alpha value is -2.87. The van der Waals surface area contributed by atoms with Crippen molar-refractivity contribution in [1.29, 1.82) is 0 Å². The van der Waals surface area contributed by atoms with Crippen LogP contribution in [0.5, 0.6) is 0 Å². The van der Waals surface area contributed by atoms with Crippen LogP contribution in [0.4, 0.5) is 16.3 Å². The summed E-state index contributed by atoms with van der Waals surface area (Å²) >= 11 is 6.10. The number of nitrogens with one attached hydrogen (secondary N) is 1. The van der Waals surface area contributed by atoms with E-state index in [1.807, 2.05) is 32.0 Å². The number of benzene rings is 1. The molecule has 1 aromatic carbocycles. The number of nitrogens with zero attached hydrogens (tertiary/aromatic N) is 2. The molecule has 2 amide bonds. The van der Waals surface area contributed by atoms with E-state index in [1.54, 1.807) is 6.07 Å². The van der Waals surface area contributed by atoms with Crippen molar-refractivity contribution in [3.63, 3.8) is 0 Å². The summed E-state index contributed by atoms with van der Waals surface area (Å²) in [6.07, 6.45) is -0.294. The van der Waals surface area contributed by atoms with E-state index in [9.17, 15) is 9.59 Å². The Morgan fingerprint density at radius 3 is 2.65 bits per heavy atom. The topological polar surface area (TPSA) is 133 Å². The molecule has 5 N–H and O–H groups in total. The van der Waals surface area contributed by atoms with Crippen LogP contribution in [0.25, 0.3) is 0 Å². The molecule has 0 fully saturated rings. The van der Waals surface area contributed by atoms with E-state index in [2.05, 4.69) is 15.3 Å². The van der Waals surface area contributed by atoms with Crippen LogP contribution in [0.2, 0.25) is 5.15 Å². The van der Waals surface area contributed by atoms with Gasteiger partial charge < -0.3 is 21.5 Å². The van der Waals surface area contributed by atoms with Crippen molar-refractivity contribution in [2.75, 3.05) is 11.9 Å². The zero-order chi connectivity index (χ0) is 19.3. The minimum atomic E-state index is -0.821. The number of hydrogen-bond acceptors (Lipinski definition) is 6.